The third-order valence-corrected chi connectivity index (χ3v) is 7.50. The monoisotopic (exact) mass is 422 g/mol. The van der Waals surface area contributed by atoms with Crippen LogP contribution in [-0.2, 0) is 12.8 Å². The van der Waals surface area contributed by atoms with E-state index >= 15 is 0 Å². The minimum absolute atomic E-state index is 0.00422. The Bertz CT molecular complexity index is 1210. The molecule has 0 radical (unpaired) electrons. The van der Waals surface area contributed by atoms with E-state index in [2.05, 4.69) is 10.9 Å². The first-order valence-corrected chi connectivity index (χ1v) is 11.5. The zero-order valence-electron chi connectivity index (χ0n) is 16.6. The first-order valence-electron chi connectivity index (χ1n) is 10.7. The van der Waals surface area contributed by atoms with E-state index in [0.29, 0.717) is 0 Å². The molecular weight excluding hydrogens is 399 g/mol. The summed E-state index contributed by atoms with van der Waals surface area (Å²) in [5.74, 6) is 0.553. The third-order valence-electron chi connectivity index (χ3n) is 6.30. The molecule has 30 heavy (non-hydrogen) atoms. The molecule has 2 aliphatic rings. The lowest BCUT2D eigenvalue weighted by atomic mass is 9.98. The number of rotatable bonds is 2. The van der Waals surface area contributed by atoms with Crippen LogP contribution < -0.4 is 10.9 Å². The third kappa shape index (κ3) is 3.10. The Morgan fingerprint density at radius 1 is 1.00 bits per heavy atom. The zero-order valence-corrected chi connectivity index (χ0v) is 17.4. The van der Waals surface area contributed by atoms with Gasteiger partial charge in [-0.1, -0.05) is 25.0 Å². The largest absolute Gasteiger partial charge is 0.250 e. The minimum Gasteiger partial charge on any atom is -0.250 e. The number of thiophene rings is 1. The fraction of sp³-hybridized carbons (Fsp3) is 0.409. The lowest BCUT2D eigenvalue weighted by molar-refractivity contribution is 0.540. The van der Waals surface area contributed by atoms with Gasteiger partial charge in [-0.15, -0.1) is 16.4 Å². The van der Waals surface area contributed by atoms with Crippen molar-refractivity contribution in [1.82, 2.24) is 30.4 Å². The summed E-state index contributed by atoms with van der Waals surface area (Å²) in [6.07, 6.45) is 9.96. The van der Waals surface area contributed by atoms with Crippen LogP contribution in [0.1, 0.15) is 66.0 Å². The summed E-state index contributed by atoms with van der Waals surface area (Å²) in [6.45, 7) is 0. The molecule has 2 unspecified atom stereocenters. The van der Waals surface area contributed by atoms with E-state index in [4.69, 9.17) is 15.1 Å². The molecule has 6 rings (SSSR count). The van der Waals surface area contributed by atoms with Crippen molar-refractivity contribution in [1.29, 1.82) is 0 Å². The Balaban J connectivity index is 1.36. The van der Waals surface area contributed by atoms with E-state index in [1.807, 2.05) is 28.0 Å². The number of aryl methyl sites for hydroxylation is 2. The molecule has 2 N–H and O–H groups in total. The van der Waals surface area contributed by atoms with E-state index in [1.54, 1.807) is 6.33 Å². The van der Waals surface area contributed by atoms with Crippen LogP contribution in [0.2, 0.25) is 0 Å². The van der Waals surface area contributed by atoms with Crippen LogP contribution in [0, 0.1) is 5.82 Å². The highest BCUT2D eigenvalue weighted by atomic mass is 32.1. The maximum atomic E-state index is 13.2. The topological polar surface area (TPSA) is 67.1 Å². The lowest BCUT2D eigenvalue weighted by Crippen LogP contribution is -2.27. The second kappa shape index (κ2) is 7.37. The minimum atomic E-state index is -0.217. The predicted molar refractivity (Wildman–Crippen MR) is 115 cm³/mol. The van der Waals surface area contributed by atoms with Crippen molar-refractivity contribution in [2.24, 2.45) is 0 Å². The molecule has 6 nitrogen and oxygen atoms in total. The van der Waals surface area contributed by atoms with Gasteiger partial charge in [-0.2, -0.15) is 0 Å². The maximum absolute atomic E-state index is 13.2. The van der Waals surface area contributed by atoms with E-state index in [-0.39, 0.29) is 17.9 Å². The summed E-state index contributed by atoms with van der Waals surface area (Å²) >= 11 is 1.83. The van der Waals surface area contributed by atoms with Crippen molar-refractivity contribution >= 4 is 27.2 Å². The Kier molecular flexibility index (Phi) is 4.51. The molecule has 1 aromatic carbocycles. The summed E-state index contributed by atoms with van der Waals surface area (Å²) in [5.41, 5.74) is 10.0. The molecule has 1 saturated heterocycles. The van der Waals surface area contributed by atoms with Crippen molar-refractivity contribution in [2.45, 2.75) is 57.0 Å². The smallest absolute Gasteiger partial charge is 0.170 e. The molecule has 0 spiro atoms. The number of hydrogen-bond acceptors (Lipinski definition) is 6. The average Bonchev–Trinajstić information content (AvgIpc) is 3.44. The highest BCUT2D eigenvalue weighted by Crippen LogP contribution is 2.37. The summed E-state index contributed by atoms with van der Waals surface area (Å²) in [6, 6.07) is 6.74. The van der Waals surface area contributed by atoms with E-state index < -0.39 is 0 Å². The fourth-order valence-electron chi connectivity index (χ4n) is 4.71. The van der Waals surface area contributed by atoms with Gasteiger partial charge in [-0.05, 0) is 55.4 Å². The van der Waals surface area contributed by atoms with Crippen LogP contribution >= 0.6 is 11.3 Å². The SMILES string of the molecule is Fc1ccc(C2CC(c3nc4c5c6c(sc5ncn4n3)CCCCCC6)NN2)cc1. The number of hydrazine groups is 1. The van der Waals surface area contributed by atoms with Crippen molar-refractivity contribution in [3.05, 3.63) is 58.2 Å². The number of nitrogens with zero attached hydrogens (tertiary/aromatic N) is 4. The van der Waals surface area contributed by atoms with Crippen molar-refractivity contribution < 1.29 is 4.39 Å². The van der Waals surface area contributed by atoms with Crippen LogP contribution in [0.3, 0.4) is 0 Å². The molecule has 154 valence electrons. The summed E-state index contributed by atoms with van der Waals surface area (Å²) in [7, 11) is 0. The molecule has 0 amide bonds. The van der Waals surface area contributed by atoms with Crippen LogP contribution in [0.4, 0.5) is 4.39 Å². The Labute approximate surface area is 177 Å². The van der Waals surface area contributed by atoms with Crippen molar-refractivity contribution in [3.63, 3.8) is 0 Å². The molecule has 1 aliphatic heterocycles. The first kappa shape index (κ1) is 18.4. The Morgan fingerprint density at radius 3 is 2.67 bits per heavy atom. The van der Waals surface area contributed by atoms with Gasteiger partial charge >= 0.3 is 0 Å². The Hall–Kier alpha value is -2.42. The summed E-state index contributed by atoms with van der Waals surface area (Å²) in [5, 5.41) is 5.94. The second-order valence-corrected chi connectivity index (χ2v) is 9.35. The molecule has 2 atom stereocenters. The normalized spacial score (nSPS) is 22.3. The predicted octanol–water partition coefficient (Wildman–Crippen LogP) is 4.42. The van der Waals surface area contributed by atoms with Crippen molar-refractivity contribution in [3.8, 4) is 0 Å². The maximum Gasteiger partial charge on any atom is 0.170 e. The van der Waals surface area contributed by atoms with Crippen molar-refractivity contribution in [2.75, 3.05) is 0 Å². The number of fused-ring (bicyclic) bond motifs is 5. The molecule has 3 aromatic heterocycles. The summed E-state index contributed by atoms with van der Waals surface area (Å²) < 4.78 is 15.1. The first-order chi connectivity index (χ1) is 14.8. The van der Waals surface area contributed by atoms with E-state index in [9.17, 15) is 4.39 Å². The average molecular weight is 423 g/mol. The molecule has 0 bridgehead atoms. The Morgan fingerprint density at radius 2 is 1.80 bits per heavy atom. The van der Waals surface area contributed by atoms with Gasteiger partial charge in [0.15, 0.2) is 11.5 Å². The van der Waals surface area contributed by atoms with Gasteiger partial charge in [0, 0.05) is 10.9 Å². The highest BCUT2D eigenvalue weighted by molar-refractivity contribution is 7.19. The number of halogens is 1. The van der Waals surface area contributed by atoms with Gasteiger partial charge < -0.3 is 0 Å². The van der Waals surface area contributed by atoms with Gasteiger partial charge in [0.1, 0.15) is 17.0 Å². The van der Waals surface area contributed by atoms with Gasteiger partial charge in [-0.25, -0.2) is 29.7 Å². The highest BCUT2D eigenvalue weighted by Gasteiger charge is 2.30. The molecular formula is C22H23FN6S. The van der Waals surface area contributed by atoms with Crippen LogP contribution in [0.5, 0.6) is 0 Å². The number of benzene rings is 1. The van der Waals surface area contributed by atoms with E-state index in [1.165, 1.54) is 53.6 Å². The lowest BCUT2D eigenvalue weighted by Gasteiger charge is -2.09. The van der Waals surface area contributed by atoms with E-state index in [0.717, 1.165) is 41.1 Å². The number of hydrogen-bond donors (Lipinski definition) is 2. The molecule has 4 heterocycles. The second-order valence-electron chi connectivity index (χ2n) is 8.26. The molecule has 1 aliphatic carbocycles. The fourth-order valence-corrected chi connectivity index (χ4v) is 5.93. The molecule has 0 saturated carbocycles. The summed E-state index contributed by atoms with van der Waals surface area (Å²) in [4.78, 5) is 12.2. The van der Waals surface area contributed by atoms with Crippen LogP contribution in [-0.4, -0.2) is 19.6 Å². The number of aromatic nitrogens is 4. The molecule has 8 heteroatoms. The standard InChI is InChI=1S/C22H23FN6S/c23-14-9-7-13(8-10-14)16-11-17(27-26-16)20-25-21-19-15-5-3-1-2-4-6-18(15)30-22(19)24-12-29(21)28-20/h7-10,12,16-17,26-27H,1-6,11H2. The zero-order chi connectivity index (χ0) is 20.1. The molecule has 4 aromatic rings. The van der Waals surface area contributed by atoms with Gasteiger partial charge in [0.25, 0.3) is 0 Å². The quantitative estimate of drug-likeness (QED) is 0.501. The van der Waals surface area contributed by atoms with Crippen LogP contribution in [0.15, 0.2) is 30.6 Å². The van der Waals surface area contributed by atoms with Gasteiger partial charge in [0.2, 0.25) is 0 Å². The molecule has 1 fully saturated rings. The number of nitrogens with one attached hydrogen (secondary N) is 2. The van der Waals surface area contributed by atoms with Gasteiger partial charge in [-0.3, -0.25) is 0 Å². The van der Waals surface area contributed by atoms with Gasteiger partial charge in [0.05, 0.1) is 11.4 Å². The van der Waals surface area contributed by atoms with Crippen LogP contribution in [0.25, 0.3) is 15.9 Å².